The summed E-state index contributed by atoms with van der Waals surface area (Å²) in [4.78, 5) is 0. The first-order valence-electron chi connectivity index (χ1n) is 11.8. The number of aliphatic hydroxyl groups is 4. The van der Waals surface area contributed by atoms with Gasteiger partial charge in [0.05, 0.1) is 6.61 Å². The Hall–Kier alpha value is -1.76. The van der Waals surface area contributed by atoms with Gasteiger partial charge in [-0.05, 0) is 78.3 Å². The predicted octanol–water partition coefficient (Wildman–Crippen LogP) is 2.79. The lowest BCUT2D eigenvalue weighted by Crippen LogP contribution is -2.55. The Bertz CT molecular complexity index is 934. The summed E-state index contributed by atoms with van der Waals surface area (Å²) < 4.78 is 6.01. The molecule has 2 aliphatic rings. The SMILES string of the molecule is Cc1ccc(Cc2cc([C@@H]3O[C@H](CO)[C@@H](O)[C@H](O)[C@H]3O)c(CC(C)C)c3c2CCC3)cc1. The Morgan fingerprint density at radius 3 is 2.31 bits per heavy atom. The molecular formula is C27H36O5. The van der Waals surface area contributed by atoms with Crippen molar-refractivity contribution in [1.82, 2.24) is 0 Å². The summed E-state index contributed by atoms with van der Waals surface area (Å²) in [6, 6.07) is 10.7. The number of aliphatic hydroxyl groups excluding tert-OH is 4. The molecular weight excluding hydrogens is 404 g/mol. The summed E-state index contributed by atoms with van der Waals surface area (Å²) in [6.07, 6.45) is -0.842. The van der Waals surface area contributed by atoms with Crippen molar-refractivity contribution in [3.63, 3.8) is 0 Å². The molecule has 0 radical (unpaired) electrons. The minimum Gasteiger partial charge on any atom is -0.394 e. The van der Waals surface area contributed by atoms with Crippen LogP contribution in [0, 0.1) is 12.8 Å². The van der Waals surface area contributed by atoms with Gasteiger partial charge in [-0.1, -0.05) is 49.7 Å². The molecule has 1 aliphatic carbocycles. The van der Waals surface area contributed by atoms with Crippen LogP contribution in [-0.4, -0.2) is 51.4 Å². The van der Waals surface area contributed by atoms with Gasteiger partial charge in [-0.2, -0.15) is 0 Å². The van der Waals surface area contributed by atoms with Gasteiger partial charge in [0.15, 0.2) is 0 Å². The summed E-state index contributed by atoms with van der Waals surface area (Å²) in [6.45, 7) is 6.03. The zero-order valence-corrected chi connectivity index (χ0v) is 19.3. The molecule has 1 heterocycles. The van der Waals surface area contributed by atoms with Crippen LogP contribution in [0.15, 0.2) is 30.3 Å². The fourth-order valence-corrected chi connectivity index (χ4v) is 5.31. The van der Waals surface area contributed by atoms with Crippen LogP contribution >= 0.6 is 0 Å². The third-order valence-corrected chi connectivity index (χ3v) is 6.97. The number of hydrogen-bond donors (Lipinski definition) is 4. The van der Waals surface area contributed by atoms with Gasteiger partial charge in [0.2, 0.25) is 0 Å². The van der Waals surface area contributed by atoms with Gasteiger partial charge < -0.3 is 25.2 Å². The smallest absolute Gasteiger partial charge is 0.113 e. The Morgan fingerprint density at radius 2 is 1.66 bits per heavy atom. The molecule has 0 aromatic heterocycles. The van der Waals surface area contributed by atoms with Crippen LogP contribution in [0.25, 0.3) is 0 Å². The number of ether oxygens (including phenoxy) is 1. The number of aryl methyl sites for hydroxylation is 1. The second kappa shape index (κ2) is 9.62. The number of fused-ring (bicyclic) bond motifs is 1. The van der Waals surface area contributed by atoms with Gasteiger partial charge in [-0.15, -0.1) is 0 Å². The highest BCUT2D eigenvalue weighted by molar-refractivity contribution is 5.51. The van der Waals surface area contributed by atoms with Crippen LogP contribution in [0.2, 0.25) is 0 Å². The first-order chi connectivity index (χ1) is 15.3. The third-order valence-electron chi connectivity index (χ3n) is 6.97. The molecule has 5 heteroatoms. The van der Waals surface area contributed by atoms with Crippen molar-refractivity contribution in [2.45, 2.75) is 83.4 Å². The molecule has 4 rings (SSSR count). The molecule has 2 aromatic carbocycles. The summed E-state index contributed by atoms with van der Waals surface area (Å²) >= 11 is 0. The molecule has 0 amide bonds. The predicted molar refractivity (Wildman–Crippen MR) is 124 cm³/mol. The Morgan fingerprint density at radius 1 is 0.969 bits per heavy atom. The standard InChI is InChI=1S/C27H36O5/c1-15(2)11-21-20-6-4-5-19(20)18(12-17-9-7-16(3)8-10-17)13-22(21)27-26(31)25(30)24(29)23(14-28)32-27/h7-10,13,15,23-31H,4-6,11-12,14H2,1-3H3/t23-,24-,25+,26-,27+/m1/s1. The van der Waals surface area contributed by atoms with Crippen LogP contribution in [0.3, 0.4) is 0 Å². The van der Waals surface area contributed by atoms with E-state index in [-0.39, 0.29) is 0 Å². The van der Waals surface area contributed by atoms with Gasteiger partial charge in [0.1, 0.15) is 30.5 Å². The van der Waals surface area contributed by atoms with Crippen molar-refractivity contribution in [3.8, 4) is 0 Å². The largest absolute Gasteiger partial charge is 0.394 e. The van der Waals surface area contributed by atoms with Crippen molar-refractivity contribution >= 4 is 0 Å². The van der Waals surface area contributed by atoms with Gasteiger partial charge in [-0.25, -0.2) is 0 Å². The van der Waals surface area contributed by atoms with Gasteiger partial charge in [0, 0.05) is 0 Å². The first kappa shape index (κ1) is 23.4. The van der Waals surface area contributed by atoms with E-state index in [1.54, 1.807) is 0 Å². The van der Waals surface area contributed by atoms with E-state index < -0.39 is 37.1 Å². The fraction of sp³-hybridized carbons (Fsp3) is 0.556. The average Bonchev–Trinajstić information content (AvgIpc) is 3.26. The van der Waals surface area contributed by atoms with Gasteiger partial charge in [0.25, 0.3) is 0 Å². The highest BCUT2D eigenvalue weighted by atomic mass is 16.5. The molecule has 4 N–H and O–H groups in total. The van der Waals surface area contributed by atoms with Gasteiger partial charge in [-0.3, -0.25) is 0 Å². The van der Waals surface area contributed by atoms with Crippen molar-refractivity contribution in [3.05, 3.63) is 69.3 Å². The molecule has 0 bridgehead atoms. The Balaban J connectivity index is 1.81. The number of hydrogen-bond acceptors (Lipinski definition) is 5. The Labute approximate surface area is 190 Å². The summed E-state index contributed by atoms with van der Waals surface area (Å²) in [5, 5.41) is 41.3. The zero-order valence-electron chi connectivity index (χ0n) is 19.3. The van der Waals surface area contributed by atoms with E-state index in [1.165, 1.54) is 33.4 Å². The maximum atomic E-state index is 10.9. The van der Waals surface area contributed by atoms with Crippen molar-refractivity contribution in [2.75, 3.05) is 6.61 Å². The van der Waals surface area contributed by atoms with Crippen molar-refractivity contribution in [1.29, 1.82) is 0 Å². The van der Waals surface area contributed by atoms with Gasteiger partial charge >= 0.3 is 0 Å². The third kappa shape index (κ3) is 4.50. The summed E-state index contributed by atoms with van der Waals surface area (Å²) in [5.41, 5.74) is 8.56. The fourth-order valence-electron chi connectivity index (χ4n) is 5.31. The topological polar surface area (TPSA) is 90.2 Å². The second-order valence-corrected chi connectivity index (χ2v) is 9.92. The van der Waals surface area contributed by atoms with Crippen LogP contribution in [0.1, 0.15) is 65.3 Å². The van der Waals surface area contributed by atoms with Crippen LogP contribution in [0.5, 0.6) is 0 Å². The lowest BCUT2D eigenvalue weighted by atomic mass is 9.81. The Kier molecular flexibility index (Phi) is 7.03. The molecule has 2 aromatic rings. The van der Waals surface area contributed by atoms with E-state index in [9.17, 15) is 20.4 Å². The van der Waals surface area contributed by atoms with E-state index in [4.69, 9.17) is 4.74 Å². The maximum absolute atomic E-state index is 10.9. The van der Waals surface area contributed by atoms with E-state index >= 15 is 0 Å². The summed E-state index contributed by atoms with van der Waals surface area (Å²) in [7, 11) is 0. The molecule has 0 spiro atoms. The van der Waals surface area contributed by atoms with E-state index in [2.05, 4.69) is 51.1 Å². The van der Waals surface area contributed by atoms with E-state index in [0.717, 1.165) is 37.7 Å². The van der Waals surface area contributed by atoms with E-state index in [0.29, 0.717) is 5.92 Å². The molecule has 1 aliphatic heterocycles. The lowest BCUT2D eigenvalue weighted by Gasteiger charge is -2.41. The maximum Gasteiger partial charge on any atom is 0.113 e. The zero-order chi connectivity index (χ0) is 23.0. The minimum absolute atomic E-state index is 0.415. The lowest BCUT2D eigenvalue weighted by molar-refractivity contribution is -0.231. The minimum atomic E-state index is -1.37. The molecule has 1 fully saturated rings. The number of benzene rings is 2. The summed E-state index contributed by atoms with van der Waals surface area (Å²) in [5.74, 6) is 0.422. The average molecular weight is 441 g/mol. The van der Waals surface area contributed by atoms with Crippen LogP contribution in [-0.2, 0) is 30.4 Å². The molecule has 0 unspecified atom stereocenters. The van der Waals surface area contributed by atoms with Crippen LogP contribution < -0.4 is 0 Å². The number of rotatable bonds is 6. The molecule has 5 atom stereocenters. The normalized spacial score (nSPS) is 27.7. The highest BCUT2D eigenvalue weighted by Crippen LogP contribution is 2.41. The van der Waals surface area contributed by atoms with Crippen LogP contribution in [0.4, 0.5) is 0 Å². The molecule has 0 saturated carbocycles. The van der Waals surface area contributed by atoms with Crippen molar-refractivity contribution < 1.29 is 25.2 Å². The highest BCUT2D eigenvalue weighted by Gasteiger charge is 2.45. The second-order valence-electron chi connectivity index (χ2n) is 9.92. The monoisotopic (exact) mass is 440 g/mol. The quantitative estimate of drug-likeness (QED) is 0.555. The van der Waals surface area contributed by atoms with E-state index in [1.807, 2.05) is 0 Å². The molecule has 5 nitrogen and oxygen atoms in total. The molecule has 174 valence electrons. The first-order valence-corrected chi connectivity index (χ1v) is 11.8. The molecule has 1 saturated heterocycles. The van der Waals surface area contributed by atoms with Crippen molar-refractivity contribution in [2.24, 2.45) is 5.92 Å². The molecule has 32 heavy (non-hydrogen) atoms.